The number of benzene rings is 2. The van der Waals surface area contributed by atoms with E-state index >= 15 is 0 Å². The van der Waals surface area contributed by atoms with Gasteiger partial charge in [-0.3, -0.25) is 9.59 Å². The molecule has 0 aliphatic carbocycles. The lowest BCUT2D eigenvalue weighted by atomic mass is 10.2. The second-order valence-corrected chi connectivity index (χ2v) is 5.48. The summed E-state index contributed by atoms with van der Waals surface area (Å²) in [4.78, 5) is 36.3. The normalized spacial score (nSPS) is 14.2. The predicted molar refractivity (Wildman–Crippen MR) is 86.2 cm³/mol. The van der Waals surface area contributed by atoms with Gasteiger partial charge < -0.3 is 15.2 Å². The van der Waals surface area contributed by atoms with Crippen molar-refractivity contribution in [3.8, 4) is 0 Å². The number of nitrogens with one attached hydrogen (secondary N) is 1. The number of carbonyl (C=O) groups excluding carboxylic acids is 3. The standard InChI is InChI=1S/C17H10ClFN2O4/c18-13-14(20-11-5-1-9(2-6-11)17(24)25)16(23)21(15(13)22)12-7-3-10(19)4-8-12/h1-8,20H,(H,24,25)/p-1. The average Bonchev–Trinajstić information content (AvgIpc) is 2.80. The lowest BCUT2D eigenvalue weighted by Crippen LogP contribution is -2.32. The first-order chi connectivity index (χ1) is 11.9. The van der Waals surface area contributed by atoms with Gasteiger partial charge in [-0.1, -0.05) is 23.7 Å². The molecule has 1 heterocycles. The zero-order valence-electron chi connectivity index (χ0n) is 12.5. The minimum absolute atomic E-state index is 0.0348. The second kappa shape index (κ2) is 6.37. The molecule has 1 N–H and O–H groups in total. The van der Waals surface area contributed by atoms with Crippen LogP contribution in [0.4, 0.5) is 15.8 Å². The Morgan fingerprint density at radius 1 is 1.00 bits per heavy atom. The van der Waals surface area contributed by atoms with Crippen LogP contribution in [0, 0.1) is 5.82 Å². The largest absolute Gasteiger partial charge is 0.545 e. The first-order valence-corrected chi connectivity index (χ1v) is 7.39. The van der Waals surface area contributed by atoms with Crippen LogP contribution in [0.5, 0.6) is 0 Å². The zero-order valence-corrected chi connectivity index (χ0v) is 13.2. The van der Waals surface area contributed by atoms with Gasteiger partial charge in [-0.05, 0) is 42.0 Å². The van der Waals surface area contributed by atoms with Crippen LogP contribution < -0.4 is 15.3 Å². The van der Waals surface area contributed by atoms with Crippen LogP contribution in [0.3, 0.4) is 0 Å². The van der Waals surface area contributed by atoms with E-state index in [1.807, 2.05) is 0 Å². The molecule has 0 atom stereocenters. The molecule has 126 valence electrons. The number of amides is 2. The van der Waals surface area contributed by atoms with E-state index in [1.54, 1.807) is 0 Å². The molecule has 2 aromatic carbocycles. The van der Waals surface area contributed by atoms with Crippen LogP contribution in [0.15, 0.2) is 59.3 Å². The molecule has 0 radical (unpaired) electrons. The van der Waals surface area contributed by atoms with Gasteiger partial charge in [0.05, 0.1) is 11.7 Å². The molecule has 1 aliphatic heterocycles. The molecule has 0 saturated heterocycles. The van der Waals surface area contributed by atoms with Crippen LogP contribution in [0.25, 0.3) is 0 Å². The highest BCUT2D eigenvalue weighted by Crippen LogP contribution is 2.30. The van der Waals surface area contributed by atoms with E-state index in [0.717, 1.165) is 17.0 Å². The maximum Gasteiger partial charge on any atom is 0.283 e. The van der Waals surface area contributed by atoms with Gasteiger partial charge >= 0.3 is 0 Å². The summed E-state index contributed by atoms with van der Waals surface area (Å²) in [5, 5.41) is 13.1. The SMILES string of the molecule is O=C([O-])c1ccc(NC2=C(Cl)C(=O)N(c3ccc(F)cc3)C2=O)cc1. The molecule has 3 rings (SSSR count). The molecule has 0 fully saturated rings. The maximum atomic E-state index is 13.0. The number of carboxylic acid groups (broad SMARTS) is 1. The molecule has 0 unspecified atom stereocenters. The Hall–Kier alpha value is -3.19. The molecule has 8 heteroatoms. The summed E-state index contributed by atoms with van der Waals surface area (Å²) in [5.41, 5.74) is 0.350. The summed E-state index contributed by atoms with van der Waals surface area (Å²) in [6.45, 7) is 0. The summed E-state index contributed by atoms with van der Waals surface area (Å²) in [5.74, 6) is -3.29. The highest BCUT2D eigenvalue weighted by molar-refractivity contribution is 6.53. The Balaban J connectivity index is 1.86. The number of anilines is 2. The maximum absolute atomic E-state index is 13.0. The fraction of sp³-hybridized carbons (Fsp3) is 0. The number of imide groups is 1. The number of carboxylic acids is 1. The minimum atomic E-state index is -1.33. The molecule has 6 nitrogen and oxygen atoms in total. The van der Waals surface area contributed by atoms with Crippen molar-refractivity contribution >= 4 is 40.8 Å². The second-order valence-electron chi connectivity index (χ2n) is 5.10. The number of hydrogen-bond donors (Lipinski definition) is 1. The van der Waals surface area contributed by atoms with Gasteiger partial charge in [0.15, 0.2) is 0 Å². The van der Waals surface area contributed by atoms with Crippen LogP contribution in [-0.4, -0.2) is 17.8 Å². The van der Waals surface area contributed by atoms with E-state index in [1.165, 1.54) is 36.4 Å². The van der Waals surface area contributed by atoms with Crippen molar-refractivity contribution in [2.24, 2.45) is 0 Å². The summed E-state index contributed by atoms with van der Waals surface area (Å²) in [6.07, 6.45) is 0. The summed E-state index contributed by atoms with van der Waals surface area (Å²) >= 11 is 5.96. The predicted octanol–water partition coefficient (Wildman–Crippen LogP) is 1.62. The third kappa shape index (κ3) is 3.09. The minimum Gasteiger partial charge on any atom is -0.545 e. The number of hydrogen-bond acceptors (Lipinski definition) is 5. The van der Waals surface area contributed by atoms with Crippen molar-refractivity contribution in [2.75, 3.05) is 10.2 Å². The third-order valence-corrected chi connectivity index (χ3v) is 3.85. The Morgan fingerprint density at radius 3 is 2.16 bits per heavy atom. The van der Waals surface area contributed by atoms with E-state index in [-0.39, 0.29) is 22.0 Å². The molecule has 0 bridgehead atoms. The van der Waals surface area contributed by atoms with Gasteiger partial charge in [0, 0.05) is 5.69 Å². The lowest BCUT2D eigenvalue weighted by Gasteiger charge is -2.15. The Labute approximate surface area is 146 Å². The number of carbonyl (C=O) groups is 3. The molecule has 0 aromatic heterocycles. The first-order valence-electron chi connectivity index (χ1n) is 7.01. The molecule has 0 spiro atoms. The molecular formula is C17H9ClFN2O4-. The molecule has 2 aromatic rings. The summed E-state index contributed by atoms with van der Waals surface area (Å²) in [7, 11) is 0. The molecule has 1 aliphatic rings. The van der Waals surface area contributed by atoms with Crippen LogP contribution >= 0.6 is 11.6 Å². The van der Waals surface area contributed by atoms with Gasteiger partial charge in [0.1, 0.15) is 16.5 Å². The van der Waals surface area contributed by atoms with E-state index in [4.69, 9.17) is 11.6 Å². The van der Waals surface area contributed by atoms with Gasteiger partial charge in [-0.2, -0.15) is 0 Å². The third-order valence-electron chi connectivity index (χ3n) is 3.50. The monoisotopic (exact) mass is 359 g/mol. The van der Waals surface area contributed by atoms with E-state index in [2.05, 4.69) is 5.32 Å². The fourth-order valence-electron chi connectivity index (χ4n) is 2.27. The number of rotatable bonds is 4. The quantitative estimate of drug-likeness (QED) is 0.838. The summed E-state index contributed by atoms with van der Waals surface area (Å²) < 4.78 is 13.0. The average molecular weight is 360 g/mol. The van der Waals surface area contributed by atoms with Crippen molar-refractivity contribution in [2.45, 2.75) is 0 Å². The lowest BCUT2D eigenvalue weighted by molar-refractivity contribution is -0.255. The van der Waals surface area contributed by atoms with Gasteiger partial charge in [-0.15, -0.1) is 0 Å². The van der Waals surface area contributed by atoms with Crippen LogP contribution in [-0.2, 0) is 9.59 Å². The molecule has 2 amide bonds. The van der Waals surface area contributed by atoms with Crippen molar-refractivity contribution in [1.82, 2.24) is 0 Å². The van der Waals surface area contributed by atoms with Gasteiger partial charge in [0.2, 0.25) is 0 Å². The van der Waals surface area contributed by atoms with Crippen molar-refractivity contribution in [3.63, 3.8) is 0 Å². The van der Waals surface area contributed by atoms with E-state index in [9.17, 15) is 23.9 Å². The highest BCUT2D eigenvalue weighted by Gasteiger charge is 2.38. The van der Waals surface area contributed by atoms with E-state index in [0.29, 0.717) is 5.69 Å². The van der Waals surface area contributed by atoms with E-state index < -0.39 is 23.6 Å². The summed E-state index contributed by atoms with van der Waals surface area (Å²) in [6, 6.07) is 10.2. The van der Waals surface area contributed by atoms with Gasteiger partial charge in [0.25, 0.3) is 11.8 Å². The smallest absolute Gasteiger partial charge is 0.283 e. The molecule has 25 heavy (non-hydrogen) atoms. The van der Waals surface area contributed by atoms with Crippen LogP contribution in [0.2, 0.25) is 0 Å². The molecular weight excluding hydrogens is 351 g/mol. The van der Waals surface area contributed by atoms with Gasteiger partial charge in [-0.25, -0.2) is 9.29 Å². The zero-order chi connectivity index (χ0) is 18.1. The number of halogens is 2. The number of aromatic carboxylic acids is 1. The topological polar surface area (TPSA) is 89.5 Å². The van der Waals surface area contributed by atoms with Crippen molar-refractivity contribution in [3.05, 3.63) is 70.6 Å². The highest BCUT2D eigenvalue weighted by atomic mass is 35.5. The Morgan fingerprint density at radius 2 is 1.60 bits per heavy atom. The van der Waals surface area contributed by atoms with Crippen molar-refractivity contribution in [1.29, 1.82) is 0 Å². The Kier molecular flexibility index (Phi) is 4.24. The Bertz CT molecular complexity index is 907. The first kappa shape index (κ1) is 16.7. The van der Waals surface area contributed by atoms with Crippen LogP contribution in [0.1, 0.15) is 10.4 Å². The molecule has 0 saturated carbocycles. The number of nitrogens with zero attached hydrogens (tertiary/aromatic N) is 1. The van der Waals surface area contributed by atoms with Crippen molar-refractivity contribution < 1.29 is 23.9 Å². The fourth-order valence-corrected chi connectivity index (χ4v) is 2.48.